The fraction of sp³-hybridized carbons (Fsp3) is 0.200. The summed E-state index contributed by atoms with van der Waals surface area (Å²) in [7, 11) is 3.14. The van der Waals surface area contributed by atoms with Crippen LogP contribution in [0, 0.1) is 0 Å². The molecule has 0 atom stereocenters. The van der Waals surface area contributed by atoms with Crippen molar-refractivity contribution in [2.45, 2.75) is 0 Å². The molecule has 0 unspecified atom stereocenters. The maximum absolute atomic E-state index is 5.26. The second-order valence-corrected chi connectivity index (χ2v) is 3.62. The van der Waals surface area contributed by atoms with Crippen LogP contribution < -0.4 is 9.47 Å². The maximum Gasteiger partial charge on any atom is 0.262 e. The van der Waals surface area contributed by atoms with E-state index in [1.165, 1.54) is 0 Å². The smallest absolute Gasteiger partial charge is 0.262 e. The first-order chi connectivity index (χ1) is 7.76. The predicted molar refractivity (Wildman–Crippen MR) is 60.5 cm³/mol. The summed E-state index contributed by atoms with van der Waals surface area (Å²) in [5, 5.41) is 3.66. The summed E-state index contributed by atoms with van der Waals surface area (Å²) < 4.78 is 15.9. The van der Waals surface area contributed by atoms with E-state index in [0.29, 0.717) is 27.7 Å². The Labute approximate surface area is 100 Å². The normalized spacial score (nSPS) is 10.2. The van der Waals surface area contributed by atoms with E-state index in [0.717, 1.165) is 0 Å². The number of nitrogens with zero attached hydrogens (tertiary/aromatic N) is 2. The molecular formula is C10H9BrN2O3. The van der Waals surface area contributed by atoms with Gasteiger partial charge in [0.25, 0.3) is 5.89 Å². The van der Waals surface area contributed by atoms with E-state index in [2.05, 4.69) is 26.1 Å². The zero-order chi connectivity index (χ0) is 11.5. The lowest BCUT2D eigenvalue weighted by Crippen LogP contribution is -1.93. The van der Waals surface area contributed by atoms with Crippen LogP contribution in [0.2, 0.25) is 0 Å². The van der Waals surface area contributed by atoms with Crippen LogP contribution in [0.4, 0.5) is 0 Å². The highest BCUT2D eigenvalue weighted by Crippen LogP contribution is 2.37. The molecule has 0 spiro atoms. The van der Waals surface area contributed by atoms with Crippen molar-refractivity contribution in [3.8, 4) is 23.0 Å². The third kappa shape index (κ3) is 1.88. The zero-order valence-electron chi connectivity index (χ0n) is 8.73. The lowest BCUT2D eigenvalue weighted by molar-refractivity contribution is 0.353. The quantitative estimate of drug-likeness (QED) is 0.867. The molecule has 1 heterocycles. The van der Waals surface area contributed by atoms with Gasteiger partial charge in [-0.05, 0) is 33.2 Å². The molecule has 1 aromatic carbocycles. The average Bonchev–Trinajstić information content (AvgIpc) is 2.74. The number of aromatic nitrogens is 2. The Morgan fingerprint density at radius 3 is 2.62 bits per heavy atom. The molecule has 0 fully saturated rings. The highest BCUT2D eigenvalue weighted by molar-refractivity contribution is 9.10. The van der Waals surface area contributed by atoms with Crippen molar-refractivity contribution in [3.63, 3.8) is 0 Å². The molecule has 1 aromatic heterocycles. The summed E-state index contributed by atoms with van der Waals surface area (Å²) in [6.07, 6.45) is 0. The Kier molecular flexibility index (Phi) is 3.09. The van der Waals surface area contributed by atoms with Crippen LogP contribution in [0.25, 0.3) is 11.5 Å². The van der Waals surface area contributed by atoms with Crippen molar-refractivity contribution >= 4 is 15.9 Å². The Bertz CT molecular complexity index is 499. The molecule has 84 valence electrons. The van der Waals surface area contributed by atoms with Gasteiger partial charge in [0.2, 0.25) is 4.73 Å². The van der Waals surface area contributed by atoms with Crippen LogP contribution >= 0.6 is 15.9 Å². The van der Waals surface area contributed by atoms with Crippen molar-refractivity contribution in [1.29, 1.82) is 0 Å². The highest BCUT2D eigenvalue weighted by Gasteiger charge is 2.16. The highest BCUT2D eigenvalue weighted by atomic mass is 79.9. The van der Waals surface area contributed by atoms with E-state index < -0.39 is 0 Å². The summed E-state index contributed by atoms with van der Waals surface area (Å²) in [5.41, 5.74) is 0.694. The van der Waals surface area contributed by atoms with E-state index in [-0.39, 0.29) is 0 Å². The average molecular weight is 285 g/mol. The predicted octanol–water partition coefficient (Wildman–Crippen LogP) is 2.52. The van der Waals surface area contributed by atoms with Gasteiger partial charge in [0.15, 0.2) is 11.5 Å². The van der Waals surface area contributed by atoms with Crippen molar-refractivity contribution in [3.05, 3.63) is 22.9 Å². The van der Waals surface area contributed by atoms with Crippen LogP contribution in [0.3, 0.4) is 0 Å². The molecule has 0 saturated heterocycles. The van der Waals surface area contributed by atoms with Gasteiger partial charge < -0.3 is 14.0 Å². The number of rotatable bonds is 3. The third-order valence-electron chi connectivity index (χ3n) is 2.03. The van der Waals surface area contributed by atoms with Gasteiger partial charge in [0, 0.05) is 0 Å². The van der Waals surface area contributed by atoms with Gasteiger partial charge in [-0.2, -0.15) is 4.98 Å². The molecule has 0 aliphatic carbocycles. The Hall–Kier alpha value is -1.56. The van der Waals surface area contributed by atoms with Gasteiger partial charge in [-0.25, -0.2) is 0 Å². The number of halogens is 1. The largest absolute Gasteiger partial charge is 0.493 e. The number of hydrogen-bond acceptors (Lipinski definition) is 5. The van der Waals surface area contributed by atoms with Crippen molar-refractivity contribution < 1.29 is 14.0 Å². The number of ether oxygens (including phenoxy) is 2. The molecular weight excluding hydrogens is 276 g/mol. The molecule has 0 radical (unpaired) electrons. The second kappa shape index (κ2) is 4.52. The molecule has 16 heavy (non-hydrogen) atoms. The summed E-state index contributed by atoms with van der Waals surface area (Å²) >= 11 is 3.12. The summed E-state index contributed by atoms with van der Waals surface area (Å²) in [5.74, 6) is 1.57. The summed E-state index contributed by atoms with van der Waals surface area (Å²) in [6.45, 7) is 0. The van der Waals surface area contributed by atoms with Gasteiger partial charge >= 0.3 is 0 Å². The molecule has 2 aromatic rings. The standard InChI is InChI=1S/C10H9BrN2O3/c1-14-7-5-3-4-6(8(7)15-2)9-12-10(11)13-16-9/h3-5H,1-2H3. The van der Waals surface area contributed by atoms with E-state index in [1.807, 2.05) is 12.1 Å². The molecule has 5 nitrogen and oxygen atoms in total. The zero-order valence-corrected chi connectivity index (χ0v) is 10.3. The Balaban J connectivity index is 2.56. The first kappa shape index (κ1) is 10.9. The SMILES string of the molecule is COc1cccc(-c2nc(Br)no2)c1OC. The fourth-order valence-electron chi connectivity index (χ4n) is 1.37. The molecule has 0 saturated carbocycles. The van der Waals surface area contributed by atoms with E-state index in [4.69, 9.17) is 14.0 Å². The monoisotopic (exact) mass is 284 g/mol. The summed E-state index contributed by atoms with van der Waals surface area (Å²) in [6, 6.07) is 5.45. The van der Waals surface area contributed by atoms with E-state index >= 15 is 0 Å². The van der Waals surface area contributed by atoms with Gasteiger partial charge in [-0.3, -0.25) is 0 Å². The van der Waals surface area contributed by atoms with E-state index in [9.17, 15) is 0 Å². The van der Waals surface area contributed by atoms with Gasteiger partial charge in [-0.1, -0.05) is 6.07 Å². The van der Waals surface area contributed by atoms with Crippen LogP contribution in [-0.2, 0) is 0 Å². The first-order valence-corrected chi connectivity index (χ1v) is 5.26. The third-order valence-corrected chi connectivity index (χ3v) is 2.36. The van der Waals surface area contributed by atoms with Gasteiger partial charge in [0.1, 0.15) is 0 Å². The van der Waals surface area contributed by atoms with Crippen LogP contribution in [0.1, 0.15) is 0 Å². The minimum atomic E-state index is 0.377. The molecule has 0 aliphatic rings. The van der Waals surface area contributed by atoms with Crippen LogP contribution in [0.15, 0.2) is 27.5 Å². The van der Waals surface area contributed by atoms with Crippen LogP contribution in [0.5, 0.6) is 11.5 Å². The van der Waals surface area contributed by atoms with Crippen molar-refractivity contribution in [1.82, 2.24) is 10.1 Å². The summed E-state index contributed by atoms with van der Waals surface area (Å²) in [4.78, 5) is 4.07. The second-order valence-electron chi connectivity index (χ2n) is 2.91. The van der Waals surface area contributed by atoms with Gasteiger partial charge in [0.05, 0.1) is 19.8 Å². The lowest BCUT2D eigenvalue weighted by Gasteiger charge is -2.09. The molecule has 0 aliphatic heterocycles. The molecule has 0 N–H and O–H groups in total. The Morgan fingerprint density at radius 2 is 2.06 bits per heavy atom. The molecule has 2 rings (SSSR count). The minimum Gasteiger partial charge on any atom is -0.493 e. The fourth-order valence-corrected chi connectivity index (χ4v) is 1.60. The molecule has 6 heteroatoms. The molecule has 0 bridgehead atoms. The van der Waals surface area contributed by atoms with E-state index in [1.54, 1.807) is 20.3 Å². The number of benzene rings is 1. The lowest BCUT2D eigenvalue weighted by atomic mass is 10.2. The Morgan fingerprint density at radius 1 is 1.25 bits per heavy atom. The number of para-hydroxylation sites is 1. The number of hydrogen-bond donors (Lipinski definition) is 0. The minimum absolute atomic E-state index is 0.377. The van der Waals surface area contributed by atoms with Crippen molar-refractivity contribution in [2.24, 2.45) is 0 Å². The number of methoxy groups -OCH3 is 2. The topological polar surface area (TPSA) is 57.4 Å². The van der Waals surface area contributed by atoms with Crippen molar-refractivity contribution in [2.75, 3.05) is 14.2 Å². The van der Waals surface area contributed by atoms with Gasteiger partial charge in [-0.15, -0.1) is 0 Å². The first-order valence-electron chi connectivity index (χ1n) is 4.47. The molecule has 0 amide bonds. The van der Waals surface area contributed by atoms with Crippen LogP contribution in [-0.4, -0.2) is 24.4 Å². The maximum atomic E-state index is 5.26.